The van der Waals surface area contributed by atoms with Gasteiger partial charge in [-0.25, -0.2) is 0 Å². The molecule has 0 spiro atoms. The highest BCUT2D eigenvalue weighted by molar-refractivity contribution is 6.14. The zero-order valence-electron chi connectivity index (χ0n) is 31.5. The minimum absolute atomic E-state index is 0.486. The number of nitrogens with zero attached hydrogens (tertiary/aromatic N) is 1. The molecule has 0 unspecified atom stereocenters. The average Bonchev–Trinajstić information content (AvgIpc) is 3.95. The van der Waals surface area contributed by atoms with Gasteiger partial charge in [0.15, 0.2) is 0 Å². The normalized spacial score (nSPS) is 13.0. The molecule has 3 heteroatoms. The second-order valence-corrected chi connectivity index (χ2v) is 15.2. The topological polar surface area (TPSA) is 29.5 Å². The molecule has 0 fully saturated rings. The van der Waals surface area contributed by atoms with Gasteiger partial charge in [-0.2, -0.15) is 0 Å². The Bertz CT molecular complexity index is 3290. The molecular weight excluding hydrogens is 707 g/mol. The fourth-order valence-corrected chi connectivity index (χ4v) is 9.67. The predicted molar refractivity (Wildman–Crippen MR) is 238 cm³/mol. The van der Waals surface area contributed by atoms with E-state index in [0.29, 0.717) is 0 Å². The van der Waals surface area contributed by atoms with Crippen LogP contribution in [0.15, 0.2) is 221 Å². The minimum Gasteiger partial charge on any atom is -0.456 e. The SMILES string of the molecule is c1ccc(N(c2ccc(-c3cccc4oc5cc6c(cc5c34)-c3ccccc3C6(c3ccccc3)c3ccccc3)cc2)c2ccc3oc4ccccc4c3c2)cc1. The van der Waals surface area contributed by atoms with Crippen LogP contribution in [-0.4, -0.2) is 0 Å². The highest BCUT2D eigenvalue weighted by Gasteiger charge is 2.46. The van der Waals surface area contributed by atoms with Crippen molar-refractivity contribution in [1.29, 1.82) is 0 Å². The summed E-state index contributed by atoms with van der Waals surface area (Å²) in [7, 11) is 0. The van der Waals surface area contributed by atoms with E-state index in [0.717, 1.165) is 72.1 Å². The summed E-state index contributed by atoms with van der Waals surface area (Å²) in [6, 6.07) is 76.1. The summed E-state index contributed by atoms with van der Waals surface area (Å²) in [5.41, 5.74) is 16.1. The number of fused-ring (bicyclic) bond motifs is 9. The molecule has 3 nitrogen and oxygen atoms in total. The molecule has 11 aromatic rings. The molecule has 272 valence electrons. The maximum atomic E-state index is 6.82. The van der Waals surface area contributed by atoms with Gasteiger partial charge in [0.25, 0.3) is 0 Å². The molecule has 2 heterocycles. The third-order valence-electron chi connectivity index (χ3n) is 12.1. The molecule has 0 radical (unpaired) electrons. The molecule has 2 aromatic heterocycles. The Morgan fingerprint density at radius 2 is 0.914 bits per heavy atom. The van der Waals surface area contributed by atoms with Gasteiger partial charge in [-0.1, -0.05) is 146 Å². The van der Waals surface area contributed by atoms with E-state index in [-0.39, 0.29) is 0 Å². The molecule has 9 aromatic carbocycles. The van der Waals surface area contributed by atoms with Crippen LogP contribution < -0.4 is 4.90 Å². The molecule has 1 aliphatic carbocycles. The van der Waals surface area contributed by atoms with Gasteiger partial charge in [0.05, 0.1) is 5.41 Å². The van der Waals surface area contributed by atoms with Gasteiger partial charge in [0.2, 0.25) is 0 Å². The highest BCUT2D eigenvalue weighted by atomic mass is 16.3. The van der Waals surface area contributed by atoms with E-state index in [2.05, 4.69) is 205 Å². The van der Waals surface area contributed by atoms with Gasteiger partial charge in [0, 0.05) is 38.6 Å². The largest absolute Gasteiger partial charge is 0.456 e. The number of benzene rings is 9. The van der Waals surface area contributed by atoms with E-state index in [1.165, 1.54) is 33.4 Å². The fourth-order valence-electron chi connectivity index (χ4n) is 9.67. The first-order chi connectivity index (χ1) is 28.8. The lowest BCUT2D eigenvalue weighted by Crippen LogP contribution is -2.28. The monoisotopic (exact) mass is 741 g/mol. The quantitative estimate of drug-likeness (QED) is 0.170. The lowest BCUT2D eigenvalue weighted by atomic mass is 9.67. The van der Waals surface area contributed by atoms with E-state index < -0.39 is 5.41 Å². The number of para-hydroxylation sites is 2. The van der Waals surface area contributed by atoms with Gasteiger partial charge in [-0.3, -0.25) is 0 Å². The van der Waals surface area contributed by atoms with Crippen LogP contribution in [0.1, 0.15) is 22.3 Å². The van der Waals surface area contributed by atoms with Crippen LogP contribution in [0.4, 0.5) is 17.1 Å². The minimum atomic E-state index is -0.486. The first-order valence-corrected chi connectivity index (χ1v) is 19.8. The molecule has 0 atom stereocenters. The number of furan rings is 2. The molecular formula is C55H35NO2. The number of anilines is 3. The van der Waals surface area contributed by atoms with Crippen molar-refractivity contribution in [3.63, 3.8) is 0 Å². The first-order valence-electron chi connectivity index (χ1n) is 19.8. The van der Waals surface area contributed by atoms with Gasteiger partial charge >= 0.3 is 0 Å². The van der Waals surface area contributed by atoms with Gasteiger partial charge in [0.1, 0.15) is 22.3 Å². The fraction of sp³-hybridized carbons (Fsp3) is 0.0182. The smallest absolute Gasteiger partial charge is 0.136 e. The van der Waals surface area contributed by atoms with E-state index in [4.69, 9.17) is 8.83 Å². The summed E-state index contributed by atoms with van der Waals surface area (Å²) < 4.78 is 13.0. The van der Waals surface area contributed by atoms with Crippen LogP contribution in [0.2, 0.25) is 0 Å². The molecule has 0 aliphatic heterocycles. The summed E-state index contributed by atoms with van der Waals surface area (Å²) >= 11 is 0. The van der Waals surface area contributed by atoms with Crippen LogP contribution in [0.25, 0.3) is 66.1 Å². The van der Waals surface area contributed by atoms with E-state index >= 15 is 0 Å². The van der Waals surface area contributed by atoms with Gasteiger partial charge in [-0.05, 0) is 111 Å². The van der Waals surface area contributed by atoms with Crippen molar-refractivity contribution in [1.82, 2.24) is 0 Å². The molecule has 1 aliphatic rings. The van der Waals surface area contributed by atoms with E-state index in [9.17, 15) is 0 Å². The molecule has 0 bridgehead atoms. The Labute approximate surface area is 335 Å². The average molecular weight is 742 g/mol. The zero-order chi connectivity index (χ0) is 38.2. The molecule has 0 saturated carbocycles. The number of hydrogen-bond acceptors (Lipinski definition) is 3. The van der Waals surface area contributed by atoms with Crippen molar-refractivity contribution in [3.8, 4) is 22.3 Å². The van der Waals surface area contributed by atoms with Crippen LogP contribution in [0.3, 0.4) is 0 Å². The summed E-state index contributed by atoms with van der Waals surface area (Å²) in [5.74, 6) is 0. The number of hydrogen-bond donors (Lipinski definition) is 0. The maximum Gasteiger partial charge on any atom is 0.136 e. The van der Waals surface area contributed by atoms with E-state index in [1.54, 1.807) is 0 Å². The lowest BCUT2D eigenvalue weighted by Gasteiger charge is -2.33. The zero-order valence-corrected chi connectivity index (χ0v) is 31.5. The van der Waals surface area contributed by atoms with Crippen molar-refractivity contribution >= 4 is 60.9 Å². The highest BCUT2D eigenvalue weighted by Crippen LogP contribution is 2.57. The molecule has 0 N–H and O–H groups in total. The van der Waals surface area contributed by atoms with Crippen molar-refractivity contribution < 1.29 is 8.83 Å². The third-order valence-corrected chi connectivity index (χ3v) is 12.1. The van der Waals surface area contributed by atoms with Crippen molar-refractivity contribution in [2.45, 2.75) is 5.41 Å². The Morgan fingerprint density at radius 1 is 0.328 bits per heavy atom. The van der Waals surface area contributed by atoms with Crippen molar-refractivity contribution in [2.24, 2.45) is 0 Å². The standard InChI is InChI=1S/C55H35NO2/c1-4-15-37(16-5-1)55(38-17-6-2-7-18-38)48-24-12-10-21-43(48)45-34-47-53(35-49(45)55)58-52-26-14-23-42(54(47)52)36-27-29-40(30-28-36)56(39-19-8-3-9-20-39)41-31-32-51-46(33-41)44-22-11-13-25-50(44)57-51/h1-35H. The van der Waals surface area contributed by atoms with Crippen molar-refractivity contribution in [3.05, 3.63) is 235 Å². The molecule has 0 amide bonds. The summed E-state index contributed by atoms with van der Waals surface area (Å²) in [4.78, 5) is 2.31. The Kier molecular flexibility index (Phi) is 7.14. The van der Waals surface area contributed by atoms with Crippen molar-refractivity contribution in [2.75, 3.05) is 4.90 Å². The molecule has 58 heavy (non-hydrogen) atoms. The summed E-state index contributed by atoms with van der Waals surface area (Å²) in [5, 5.41) is 4.46. The van der Waals surface area contributed by atoms with Crippen LogP contribution in [-0.2, 0) is 5.41 Å². The van der Waals surface area contributed by atoms with Gasteiger partial charge < -0.3 is 13.7 Å². The second kappa shape index (κ2) is 12.7. The van der Waals surface area contributed by atoms with Crippen LogP contribution >= 0.6 is 0 Å². The summed E-state index contributed by atoms with van der Waals surface area (Å²) in [6.07, 6.45) is 0. The van der Waals surface area contributed by atoms with Gasteiger partial charge in [-0.15, -0.1) is 0 Å². The Hall–Kier alpha value is -7.62. The van der Waals surface area contributed by atoms with Crippen LogP contribution in [0, 0.1) is 0 Å². The predicted octanol–water partition coefficient (Wildman–Crippen LogP) is 15.0. The second-order valence-electron chi connectivity index (χ2n) is 15.2. The Morgan fingerprint density at radius 3 is 1.69 bits per heavy atom. The lowest BCUT2D eigenvalue weighted by molar-refractivity contribution is 0.666. The van der Waals surface area contributed by atoms with Crippen LogP contribution in [0.5, 0.6) is 0 Å². The Balaban J connectivity index is 1.02. The molecule has 12 rings (SSSR count). The first kappa shape index (κ1) is 32.6. The number of rotatable bonds is 6. The molecule has 0 saturated heterocycles. The van der Waals surface area contributed by atoms with E-state index in [1.807, 2.05) is 12.1 Å². The third kappa shape index (κ3) is 4.74. The summed E-state index contributed by atoms with van der Waals surface area (Å²) in [6.45, 7) is 0. The maximum absolute atomic E-state index is 6.82.